The molecule has 1 aromatic carbocycles. The lowest BCUT2D eigenvalue weighted by Gasteiger charge is -1.94. The Morgan fingerprint density at radius 3 is 2.31 bits per heavy atom. The minimum atomic E-state index is 0.699. The van der Waals surface area contributed by atoms with E-state index in [4.69, 9.17) is 23.2 Å². The molecule has 4 heteroatoms. The summed E-state index contributed by atoms with van der Waals surface area (Å²) >= 11 is 13.0. The van der Waals surface area contributed by atoms with Crippen molar-refractivity contribution in [2.45, 2.75) is 0 Å². The van der Waals surface area contributed by atoms with E-state index in [0.29, 0.717) is 4.34 Å². The van der Waals surface area contributed by atoms with Crippen molar-refractivity contribution in [3.63, 3.8) is 0 Å². The van der Waals surface area contributed by atoms with Gasteiger partial charge in [-0.25, -0.2) is 4.98 Å². The summed E-state index contributed by atoms with van der Waals surface area (Å²) in [5, 5.41) is 1.65. The first-order chi connectivity index (χ1) is 6.25. The zero-order valence-electron chi connectivity index (χ0n) is 6.50. The van der Waals surface area contributed by atoms with Gasteiger partial charge < -0.3 is 0 Å². The maximum Gasteiger partial charge on any atom is 0.124 e. The monoisotopic (exact) mass is 229 g/mol. The molecule has 0 saturated heterocycles. The highest BCUT2D eigenvalue weighted by atomic mass is 35.5. The van der Waals surface area contributed by atoms with Crippen LogP contribution >= 0.6 is 34.5 Å². The van der Waals surface area contributed by atoms with Crippen LogP contribution in [0.1, 0.15) is 0 Å². The lowest BCUT2D eigenvalue weighted by Crippen LogP contribution is -1.73. The minimum absolute atomic E-state index is 0.699. The molecule has 0 bridgehead atoms. The number of benzene rings is 1. The van der Waals surface area contributed by atoms with Gasteiger partial charge in [-0.2, -0.15) is 0 Å². The molecule has 0 saturated carbocycles. The molecular formula is C9H5Cl2NS. The van der Waals surface area contributed by atoms with Gasteiger partial charge in [-0.05, 0) is 12.1 Å². The van der Waals surface area contributed by atoms with Crippen molar-refractivity contribution < 1.29 is 0 Å². The van der Waals surface area contributed by atoms with Crippen LogP contribution in [0.4, 0.5) is 0 Å². The molecule has 1 aromatic heterocycles. The fourth-order valence-electron chi connectivity index (χ4n) is 0.980. The highest BCUT2D eigenvalue weighted by Crippen LogP contribution is 2.28. The number of halogens is 2. The summed E-state index contributed by atoms with van der Waals surface area (Å²) in [5.74, 6) is 0. The number of aromatic nitrogens is 1. The van der Waals surface area contributed by atoms with E-state index >= 15 is 0 Å². The molecule has 2 aromatic rings. The third-order valence-electron chi connectivity index (χ3n) is 1.57. The van der Waals surface area contributed by atoms with Crippen molar-refractivity contribution in [3.8, 4) is 10.6 Å². The van der Waals surface area contributed by atoms with Crippen molar-refractivity contribution in [3.05, 3.63) is 39.8 Å². The molecule has 0 radical (unpaired) electrons. The Balaban J connectivity index is 2.41. The molecule has 2 rings (SSSR count). The van der Waals surface area contributed by atoms with Crippen molar-refractivity contribution in [1.29, 1.82) is 0 Å². The molecule has 0 fully saturated rings. The minimum Gasteiger partial charge on any atom is -0.243 e. The fourth-order valence-corrected chi connectivity index (χ4v) is 2.02. The van der Waals surface area contributed by atoms with Gasteiger partial charge in [0.25, 0.3) is 0 Å². The molecule has 0 unspecified atom stereocenters. The third kappa shape index (κ3) is 2.02. The lowest BCUT2D eigenvalue weighted by molar-refractivity contribution is 1.41. The second kappa shape index (κ2) is 3.66. The van der Waals surface area contributed by atoms with Gasteiger partial charge in [0, 0.05) is 10.6 Å². The maximum atomic E-state index is 5.77. The van der Waals surface area contributed by atoms with E-state index < -0.39 is 0 Å². The van der Waals surface area contributed by atoms with Crippen molar-refractivity contribution in [2.75, 3.05) is 0 Å². The predicted molar refractivity (Wildman–Crippen MR) is 57.6 cm³/mol. The van der Waals surface area contributed by atoms with E-state index in [9.17, 15) is 0 Å². The Kier molecular flexibility index (Phi) is 2.54. The highest BCUT2D eigenvalue weighted by molar-refractivity contribution is 7.18. The Hall–Kier alpha value is -0.570. The van der Waals surface area contributed by atoms with Crippen LogP contribution in [0.25, 0.3) is 10.6 Å². The Morgan fingerprint density at radius 2 is 1.77 bits per heavy atom. The summed E-state index contributed by atoms with van der Waals surface area (Å²) in [6, 6.07) is 7.54. The fraction of sp³-hybridized carbons (Fsp3) is 0. The molecular weight excluding hydrogens is 225 g/mol. The molecule has 0 N–H and O–H groups in total. The van der Waals surface area contributed by atoms with Gasteiger partial charge in [0.15, 0.2) is 0 Å². The Morgan fingerprint density at radius 1 is 1.08 bits per heavy atom. The van der Waals surface area contributed by atoms with E-state index in [2.05, 4.69) is 4.98 Å². The number of hydrogen-bond donors (Lipinski definition) is 0. The molecule has 0 aliphatic carbocycles. The Labute approximate surface area is 90.0 Å². The quantitative estimate of drug-likeness (QED) is 0.718. The molecule has 13 heavy (non-hydrogen) atoms. The zero-order valence-corrected chi connectivity index (χ0v) is 8.83. The van der Waals surface area contributed by atoms with Crippen LogP contribution in [0.5, 0.6) is 0 Å². The van der Waals surface area contributed by atoms with Crippen LogP contribution in [0.15, 0.2) is 30.5 Å². The van der Waals surface area contributed by atoms with E-state index in [1.807, 2.05) is 24.3 Å². The molecule has 1 heterocycles. The standard InChI is InChI=1S/C9H5Cl2NS/c10-7-3-1-6(2-4-7)9-12-5-8(11)13-9/h1-5H. The maximum absolute atomic E-state index is 5.77. The second-order valence-corrected chi connectivity index (χ2v) is 4.57. The van der Waals surface area contributed by atoms with Gasteiger partial charge in [-0.15, -0.1) is 11.3 Å². The number of nitrogens with zero attached hydrogens (tertiary/aromatic N) is 1. The van der Waals surface area contributed by atoms with Crippen LogP contribution in [-0.2, 0) is 0 Å². The van der Waals surface area contributed by atoms with Crippen LogP contribution in [0.2, 0.25) is 9.36 Å². The largest absolute Gasteiger partial charge is 0.243 e. The van der Waals surface area contributed by atoms with E-state index in [1.165, 1.54) is 11.3 Å². The highest BCUT2D eigenvalue weighted by Gasteiger charge is 2.02. The van der Waals surface area contributed by atoms with Gasteiger partial charge >= 0.3 is 0 Å². The van der Waals surface area contributed by atoms with Gasteiger partial charge in [-0.1, -0.05) is 35.3 Å². The van der Waals surface area contributed by atoms with Gasteiger partial charge in [0.2, 0.25) is 0 Å². The topological polar surface area (TPSA) is 12.9 Å². The van der Waals surface area contributed by atoms with Crippen molar-refractivity contribution in [2.24, 2.45) is 0 Å². The number of hydrogen-bond acceptors (Lipinski definition) is 2. The van der Waals surface area contributed by atoms with Crippen LogP contribution in [0, 0.1) is 0 Å². The summed E-state index contributed by atoms with van der Waals surface area (Å²) in [6.07, 6.45) is 1.65. The van der Waals surface area contributed by atoms with E-state index in [-0.39, 0.29) is 0 Å². The lowest BCUT2D eigenvalue weighted by atomic mass is 10.2. The average molecular weight is 230 g/mol. The molecule has 0 aliphatic rings. The van der Waals surface area contributed by atoms with Gasteiger partial charge in [-0.3, -0.25) is 0 Å². The van der Waals surface area contributed by atoms with Crippen molar-refractivity contribution in [1.82, 2.24) is 4.98 Å². The van der Waals surface area contributed by atoms with Crippen molar-refractivity contribution >= 4 is 34.5 Å². The zero-order chi connectivity index (χ0) is 9.26. The number of thiazole rings is 1. The molecule has 1 nitrogen and oxygen atoms in total. The average Bonchev–Trinajstić information content (AvgIpc) is 2.53. The third-order valence-corrected chi connectivity index (χ3v) is 2.98. The molecule has 0 amide bonds. The number of rotatable bonds is 1. The van der Waals surface area contributed by atoms with Crippen LogP contribution in [0.3, 0.4) is 0 Å². The van der Waals surface area contributed by atoms with Gasteiger partial charge in [0.1, 0.15) is 9.34 Å². The predicted octanol–water partition coefficient (Wildman–Crippen LogP) is 4.12. The summed E-state index contributed by atoms with van der Waals surface area (Å²) in [7, 11) is 0. The van der Waals surface area contributed by atoms with Gasteiger partial charge in [0.05, 0.1) is 6.20 Å². The SMILES string of the molecule is Clc1ccc(-c2ncc(Cl)s2)cc1. The first-order valence-corrected chi connectivity index (χ1v) is 5.20. The molecule has 0 spiro atoms. The first kappa shape index (κ1) is 9.00. The van der Waals surface area contributed by atoms with E-state index in [1.54, 1.807) is 6.20 Å². The summed E-state index contributed by atoms with van der Waals surface area (Å²) in [4.78, 5) is 4.16. The molecule has 0 aliphatic heterocycles. The normalized spacial score (nSPS) is 10.3. The molecule has 66 valence electrons. The van der Waals surface area contributed by atoms with E-state index in [0.717, 1.165) is 15.6 Å². The summed E-state index contributed by atoms with van der Waals surface area (Å²) in [5.41, 5.74) is 1.04. The summed E-state index contributed by atoms with van der Waals surface area (Å²) in [6.45, 7) is 0. The molecule has 0 atom stereocenters. The van der Waals surface area contributed by atoms with Crippen LogP contribution < -0.4 is 0 Å². The smallest absolute Gasteiger partial charge is 0.124 e. The Bertz CT molecular complexity index is 408. The second-order valence-electron chi connectivity index (χ2n) is 2.48. The summed E-state index contributed by atoms with van der Waals surface area (Å²) < 4.78 is 0.699. The van der Waals surface area contributed by atoms with Crippen LogP contribution in [-0.4, -0.2) is 4.98 Å². The first-order valence-electron chi connectivity index (χ1n) is 3.63.